The topological polar surface area (TPSA) is 49.3 Å². The van der Waals surface area contributed by atoms with Crippen molar-refractivity contribution < 1.29 is 9.90 Å². The summed E-state index contributed by atoms with van der Waals surface area (Å²) in [6, 6.07) is 0.0584. The SMILES string of the molecule is CC(C)=CC(=O)NC(CCO)C(C)C. The first-order valence-electron chi connectivity index (χ1n) is 5.03. The highest BCUT2D eigenvalue weighted by Crippen LogP contribution is 2.05. The Hall–Kier alpha value is -0.830. The second-order valence-corrected chi connectivity index (χ2v) is 4.09. The van der Waals surface area contributed by atoms with Gasteiger partial charge in [0.2, 0.25) is 5.91 Å². The second-order valence-electron chi connectivity index (χ2n) is 4.09. The summed E-state index contributed by atoms with van der Waals surface area (Å²) < 4.78 is 0. The van der Waals surface area contributed by atoms with E-state index in [9.17, 15) is 4.79 Å². The molecular formula is C11H21NO2. The number of hydrogen-bond acceptors (Lipinski definition) is 2. The molecule has 14 heavy (non-hydrogen) atoms. The Morgan fingerprint density at radius 2 is 2.00 bits per heavy atom. The zero-order chi connectivity index (χ0) is 11.1. The van der Waals surface area contributed by atoms with Crippen molar-refractivity contribution in [3.05, 3.63) is 11.6 Å². The summed E-state index contributed by atoms with van der Waals surface area (Å²) in [6.07, 6.45) is 2.19. The molecule has 0 aliphatic carbocycles. The van der Waals surface area contributed by atoms with E-state index in [2.05, 4.69) is 5.32 Å². The lowest BCUT2D eigenvalue weighted by molar-refractivity contribution is -0.117. The highest BCUT2D eigenvalue weighted by molar-refractivity contribution is 5.88. The maximum atomic E-state index is 11.4. The summed E-state index contributed by atoms with van der Waals surface area (Å²) in [5.74, 6) is 0.272. The van der Waals surface area contributed by atoms with Crippen LogP contribution in [0.1, 0.15) is 34.1 Å². The predicted octanol–water partition coefficient (Wildman–Crippen LogP) is 1.48. The number of aliphatic hydroxyl groups excluding tert-OH is 1. The van der Waals surface area contributed by atoms with Gasteiger partial charge in [0.25, 0.3) is 0 Å². The lowest BCUT2D eigenvalue weighted by Gasteiger charge is -2.20. The third-order valence-corrected chi connectivity index (χ3v) is 1.99. The molecule has 0 saturated heterocycles. The Morgan fingerprint density at radius 1 is 1.43 bits per heavy atom. The summed E-state index contributed by atoms with van der Waals surface area (Å²) >= 11 is 0. The molecule has 82 valence electrons. The van der Waals surface area contributed by atoms with Crippen LogP contribution in [0.3, 0.4) is 0 Å². The normalized spacial score (nSPS) is 12.4. The number of carbonyl (C=O) groups is 1. The maximum absolute atomic E-state index is 11.4. The molecule has 0 aliphatic heterocycles. The molecule has 3 nitrogen and oxygen atoms in total. The van der Waals surface area contributed by atoms with E-state index in [4.69, 9.17) is 5.11 Å². The number of rotatable bonds is 5. The Bertz CT molecular complexity index is 205. The largest absolute Gasteiger partial charge is 0.396 e. The fourth-order valence-electron chi connectivity index (χ4n) is 1.20. The van der Waals surface area contributed by atoms with Crippen LogP contribution >= 0.6 is 0 Å². The van der Waals surface area contributed by atoms with Crippen molar-refractivity contribution in [1.82, 2.24) is 5.32 Å². The predicted molar refractivity (Wildman–Crippen MR) is 57.9 cm³/mol. The van der Waals surface area contributed by atoms with E-state index in [1.807, 2.05) is 27.7 Å². The second kappa shape index (κ2) is 6.60. The number of carbonyl (C=O) groups excluding carboxylic acids is 1. The first-order valence-corrected chi connectivity index (χ1v) is 5.03. The van der Waals surface area contributed by atoms with Crippen LogP contribution in [0, 0.1) is 5.92 Å². The summed E-state index contributed by atoms with van der Waals surface area (Å²) in [5, 5.41) is 11.7. The molecular weight excluding hydrogens is 178 g/mol. The van der Waals surface area contributed by atoms with Crippen LogP contribution < -0.4 is 5.32 Å². The molecule has 0 aliphatic rings. The zero-order valence-corrected chi connectivity index (χ0v) is 9.50. The van der Waals surface area contributed by atoms with Gasteiger partial charge in [0.05, 0.1) is 0 Å². The Kier molecular flexibility index (Phi) is 6.21. The minimum atomic E-state index is -0.0721. The number of allylic oxidation sites excluding steroid dienone is 1. The molecule has 3 heteroatoms. The van der Waals surface area contributed by atoms with Gasteiger partial charge in [-0.25, -0.2) is 0 Å². The van der Waals surface area contributed by atoms with Crippen LogP contribution in [-0.4, -0.2) is 23.7 Å². The molecule has 0 spiro atoms. The molecule has 1 atom stereocenters. The van der Waals surface area contributed by atoms with Crippen molar-refractivity contribution in [1.29, 1.82) is 0 Å². The molecule has 0 rings (SSSR count). The summed E-state index contributed by atoms with van der Waals surface area (Å²) in [7, 11) is 0. The van der Waals surface area contributed by atoms with Crippen LogP contribution in [0.5, 0.6) is 0 Å². The van der Waals surface area contributed by atoms with Gasteiger partial charge in [-0.3, -0.25) is 4.79 Å². The van der Waals surface area contributed by atoms with Gasteiger partial charge in [0.1, 0.15) is 0 Å². The highest BCUT2D eigenvalue weighted by Gasteiger charge is 2.13. The monoisotopic (exact) mass is 199 g/mol. The lowest BCUT2D eigenvalue weighted by atomic mass is 10.0. The third kappa shape index (κ3) is 5.75. The molecule has 2 N–H and O–H groups in total. The van der Waals surface area contributed by atoms with Crippen LogP contribution in [0.2, 0.25) is 0 Å². The molecule has 0 bridgehead atoms. The molecule has 0 fully saturated rings. The quantitative estimate of drug-likeness (QED) is 0.659. The molecule has 1 unspecified atom stereocenters. The van der Waals surface area contributed by atoms with Gasteiger partial charge in [-0.15, -0.1) is 0 Å². The number of amides is 1. The summed E-state index contributed by atoms with van der Waals surface area (Å²) in [6.45, 7) is 7.94. The summed E-state index contributed by atoms with van der Waals surface area (Å²) in [5.41, 5.74) is 0.981. The average Bonchev–Trinajstić information content (AvgIpc) is 2.01. The fourth-order valence-corrected chi connectivity index (χ4v) is 1.20. The van der Waals surface area contributed by atoms with Crippen LogP contribution in [0.4, 0.5) is 0 Å². The zero-order valence-electron chi connectivity index (χ0n) is 9.50. The Labute approximate surface area is 86.2 Å². The van der Waals surface area contributed by atoms with Crippen molar-refractivity contribution in [2.45, 2.75) is 40.2 Å². The smallest absolute Gasteiger partial charge is 0.244 e. The van der Waals surface area contributed by atoms with Crippen molar-refractivity contribution in [2.24, 2.45) is 5.92 Å². The van der Waals surface area contributed by atoms with E-state index < -0.39 is 0 Å². The van der Waals surface area contributed by atoms with Gasteiger partial charge in [-0.05, 0) is 26.2 Å². The van der Waals surface area contributed by atoms with Crippen LogP contribution in [0.15, 0.2) is 11.6 Å². The van der Waals surface area contributed by atoms with Crippen molar-refractivity contribution in [3.8, 4) is 0 Å². The van der Waals surface area contributed by atoms with Crippen LogP contribution in [0.25, 0.3) is 0 Å². The first-order chi connectivity index (χ1) is 6.47. The lowest BCUT2D eigenvalue weighted by Crippen LogP contribution is -2.38. The Balaban J connectivity index is 4.16. The van der Waals surface area contributed by atoms with E-state index >= 15 is 0 Å². The van der Waals surface area contributed by atoms with Crippen LogP contribution in [-0.2, 0) is 4.79 Å². The van der Waals surface area contributed by atoms with E-state index in [1.165, 1.54) is 0 Å². The van der Waals surface area contributed by atoms with Crippen molar-refractivity contribution >= 4 is 5.91 Å². The van der Waals surface area contributed by atoms with E-state index in [0.717, 1.165) is 5.57 Å². The number of aliphatic hydroxyl groups is 1. The van der Waals surface area contributed by atoms with Gasteiger partial charge in [-0.1, -0.05) is 19.4 Å². The van der Waals surface area contributed by atoms with Crippen molar-refractivity contribution in [3.63, 3.8) is 0 Å². The molecule has 1 amide bonds. The maximum Gasteiger partial charge on any atom is 0.244 e. The van der Waals surface area contributed by atoms with Gasteiger partial charge in [0.15, 0.2) is 0 Å². The minimum Gasteiger partial charge on any atom is -0.396 e. The average molecular weight is 199 g/mol. The third-order valence-electron chi connectivity index (χ3n) is 1.99. The molecule has 0 heterocycles. The highest BCUT2D eigenvalue weighted by atomic mass is 16.3. The van der Waals surface area contributed by atoms with Gasteiger partial charge in [0, 0.05) is 18.7 Å². The van der Waals surface area contributed by atoms with E-state index in [1.54, 1.807) is 6.08 Å². The number of hydrogen-bond donors (Lipinski definition) is 2. The molecule has 0 aromatic rings. The molecule has 0 aromatic heterocycles. The summed E-state index contributed by atoms with van der Waals surface area (Å²) in [4.78, 5) is 11.4. The minimum absolute atomic E-state index is 0.0584. The first kappa shape index (κ1) is 13.2. The fraction of sp³-hybridized carbons (Fsp3) is 0.727. The van der Waals surface area contributed by atoms with Crippen molar-refractivity contribution in [2.75, 3.05) is 6.61 Å². The van der Waals surface area contributed by atoms with E-state index in [0.29, 0.717) is 12.3 Å². The van der Waals surface area contributed by atoms with Gasteiger partial charge >= 0.3 is 0 Å². The van der Waals surface area contributed by atoms with Gasteiger partial charge in [-0.2, -0.15) is 0 Å². The van der Waals surface area contributed by atoms with E-state index in [-0.39, 0.29) is 18.6 Å². The molecule has 0 saturated carbocycles. The molecule has 0 radical (unpaired) electrons. The molecule has 0 aromatic carbocycles. The Morgan fingerprint density at radius 3 is 2.36 bits per heavy atom. The van der Waals surface area contributed by atoms with Gasteiger partial charge < -0.3 is 10.4 Å². The number of nitrogens with one attached hydrogen (secondary N) is 1. The standard InChI is InChI=1S/C11H21NO2/c1-8(2)7-11(14)12-10(5-6-13)9(3)4/h7,9-10,13H,5-6H2,1-4H3,(H,12,14).